The molecule has 0 aliphatic rings. The molecule has 0 radical (unpaired) electrons. The number of carboxylic acid groups (broad SMARTS) is 1. The molecule has 20 heavy (non-hydrogen) atoms. The number of carbonyl (C=O) groups is 2. The van der Waals surface area contributed by atoms with Crippen molar-refractivity contribution < 1.29 is 14.7 Å². The van der Waals surface area contributed by atoms with Crippen molar-refractivity contribution in [1.29, 1.82) is 0 Å². The number of halogens is 1. The first-order valence-corrected chi connectivity index (χ1v) is 6.55. The van der Waals surface area contributed by atoms with Gasteiger partial charge in [-0.2, -0.15) is 5.10 Å². The second-order valence-electron chi connectivity index (χ2n) is 4.26. The number of hydrogen-bond acceptors (Lipinski definition) is 3. The first-order chi connectivity index (χ1) is 9.40. The zero-order valence-corrected chi connectivity index (χ0v) is 12.4. The van der Waals surface area contributed by atoms with Crippen LogP contribution in [0.15, 0.2) is 22.7 Å². The summed E-state index contributed by atoms with van der Waals surface area (Å²) >= 11 is 3.24. The largest absolute Gasteiger partial charge is 0.478 e. The van der Waals surface area contributed by atoms with Crippen LogP contribution in [0.2, 0.25) is 0 Å². The molecule has 0 saturated carbocycles. The Kier molecular flexibility index (Phi) is 3.89. The topological polar surface area (TPSA) is 95.1 Å². The number of anilines is 1. The number of amides is 1. The van der Waals surface area contributed by atoms with Gasteiger partial charge in [0.25, 0.3) is 5.91 Å². The zero-order chi connectivity index (χ0) is 14.9. The molecule has 0 aliphatic carbocycles. The molecule has 1 heterocycles. The fourth-order valence-electron chi connectivity index (χ4n) is 1.82. The number of carbonyl (C=O) groups excluding carboxylic acids is 1. The highest BCUT2D eigenvalue weighted by atomic mass is 79.9. The predicted molar refractivity (Wildman–Crippen MR) is 77.1 cm³/mol. The molecule has 2 rings (SSSR count). The Morgan fingerprint density at radius 3 is 2.55 bits per heavy atom. The second-order valence-corrected chi connectivity index (χ2v) is 5.12. The molecule has 0 saturated heterocycles. The molecule has 0 fully saturated rings. The third-order valence-electron chi connectivity index (χ3n) is 2.82. The minimum Gasteiger partial charge on any atom is -0.478 e. The van der Waals surface area contributed by atoms with Gasteiger partial charge in [-0.25, -0.2) is 4.79 Å². The monoisotopic (exact) mass is 337 g/mol. The average molecular weight is 338 g/mol. The molecular weight excluding hydrogens is 326 g/mol. The van der Waals surface area contributed by atoms with Crippen LogP contribution < -0.4 is 5.32 Å². The molecule has 0 unspecified atom stereocenters. The van der Waals surface area contributed by atoms with Gasteiger partial charge in [-0.1, -0.05) is 0 Å². The number of aromatic carboxylic acids is 1. The van der Waals surface area contributed by atoms with E-state index in [1.807, 2.05) is 0 Å². The van der Waals surface area contributed by atoms with E-state index in [4.69, 9.17) is 5.11 Å². The van der Waals surface area contributed by atoms with Crippen LogP contribution >= 0.6 is 15.9 Å². The molecule has 6 nitrogen and oxygen atoms in total. The molecule has 1 amide bonds. The van der Waals surface area contributed by atoms with E-state index in [2.05, 4.69) is 31.4 Å². The van der Waals surface area contributed by atoms with E-state index in [1.54, 1.807) is 13.8 Å². The first-order valence-electron chi connectivity index (χ1n) is 5.76. The maximum atomic E-state index is 12.2. The molecule has 0 spiro atoms. The third-order valence-corrected chi connectivity index (χ3v) is 3.48. The van der Waals surface area contributed by atoms with Crippen molar-refractivity contribution >= 4 is 33.5 Å². The summed E-state index contributed by atoms with van der Waals surface area (Å²) in [7, 11) is 0. The number of H-pyrrole nitrogens is 1. The minimum absolute atomic E-state index is 0.144. The lowest BCUT2D eigenvalue weighted by Crippen LogP contribution is -2.14. The van der Waals surface area contributed by atoms with E-state index in [-0.39, 0.29) is 11.5 Å². The summed E-state index contributed by atoms with van der Waals surface area (Å²) in [4.78, 5) is 23.0. The highest BCUT2D eigenvalue weighted by Crippen LogP contribution is 2.25. The third kappa shape index (κ3) is 2.72. The Labute approximate surface area is 123 Å². The number of aromatic nitrogens is 2. The normalized spacial score (nSPS) is 10.3. The van der Waals surface area contributed by atoms with Gasteiger partial charge in [0.1, 0.15) is 0 Å². The van der Waals surface area contributed by atoms with Crippen molar-refractivity contribution in [3.63, 3.8) is 0 Å². The van der Waals surface area contributed by atoms with Gasteiger partial charge < -0.3 is 10.4 Å². The Morgan fingerprint density at radius 2 is 2.05 bits per heavy atom. The minimum atomic E-state index is -1.02. The number of aromatic amines is 1. The van der Waals surface area contributed by atoms with Crippen LogP contribution in [-0.4, -0.2) is 27.2 Å². The van der Waals surface area contributed by atoms with Crippen LogP contribution in [0.5, 0.6) is 0 Å². The summed E-state index contributed by atoms with van der Waals surface area (Å²) in [6, 6.07) is 4.40. The van der Waals surface area contributed by atoms with Gasteiger partial charge in [-0.15, -0.1) is 0 Å². The Bertz CT molecular complexity index is 675. The molecule has 0 aliphatic heterocycles. The molecule has 7 heteroatoms. The van der Waals surface area contributed by atoms with E-state index in [0.29, 0.717) is 27.1 Å². The Morgan fingerprint density at radius 1 is 1.35 bits per heavy atom. The van der Waals surface area contributed by atoms with Crippen LogP contribution in [0.25, 0.3) is 0 Å². The SMILES string of the molecule is Cc1n[nH]c(C)c1C(=O)Nc1ccc(C(=O)O)cc1Br. The van der Waals surface area contributed by atoms with Crippen molar-refractivity contribution in [1.82, 2.24) is 10.2 Å². The van der Waals surface area contributed by atoms with Crippen molar-refractivity contribution in [2.45, 2.75) is 13.8 Å². The molecule has 1 aromatic carbocycles. The molecular formula is C13H12BrN3O3. The molecule has 3 N–H and O–H groups in total. The summed E-state index contributed by atoms with van der Waals surface area (Å²) in [5.41, 5.74) is 2.42. The van der Waals surface area contributed by atoms with Gasteiger partial charge in [-0.05, 0) is 48.0 Å². The van der Waals surface area contributed by atoms with Gasteiger partial charge >= 0.3 is 5.97 Å². The van der Waals surface area contributed by atoms with Crippen LogP contribution in [0.3, 0.4) is 0 Å². The average Bonchev–Trinajstić information content (AvgIpc) is 2.71. The van der Waals surface area contributed by atoms with Gasteiger partial charge in [0, 0.05) is 10.2 Å². The quantitative estimate of drug-likeness (QED) is 0.802. The fraction of sp³-hybridized carbons (Fsp3) is 0.154. The van der Waals surface area contributed by atoms with E-state index in [9.17, 15) is 9.59 Å². The number of carboxylic acids is 1. The highest BCUT2D eigenvalue weighted by molar-refractivity contribution is 9.10. The lowest BCUT2D eigenvalue weighted by atomic mass is 10.1. The number of aryl methyl sites for hydroxylation is 2. The van der Waals surface area contributed by atoms with Crippen LogP contribution in [0.1, 0.15) is 32.1 Å². The van der Waals surface area contributed by atoms with Crippen molar-refractivity contribution in [2.75, 3.05) is 5.32 Å². The van der Waals surface area contributed by atoms with E-state index in [1.165, 1.54) is 18.2 Å². The van der Waals surface area contributed by atoms with E-state index >= 15 is 0 Å². The number of benzene rings is 1. The molecule has 1 aromatic heterocycles. The second kappa shape index (κ2) is 5.46. The standard InChI is InChI=1S/C13H12BrN3O3/c1-6-11(7(2)17-16-6)12(18)15-10-4-3-8(13(19)20)5-9(10)14/h3-5H,1-2H3,(H,15,18)(H,16,17)(H,19,20). The zero-order valence-electron chi connectivity index (χ0n) is 10.8. The summed E-state index contributed by atoms with van der Waals surface area (Å²) in [6.07, 6.45) is 0. The van der Waals surface area contributed by atoms with Crippen molar-refractivity contribution in [3.05, 3.63) is 45.2 Å². The molecule has 2 aromatic rings. The smallest absolute Gasteiger partial charge is 0.335 e. The Balaban J connectivity index is 2.27. The summed E-state index contributed by atoms with van der Waals surface area (Å²) in [5.74, 6) is -1.32. The van der Waals surface area contributed by atoms with Gasteiger partial charge in [0.05, 0.1) is 22.5 Å². The maximum Gasteiger partial charge on any atom is 0.335 e. The number of rotatable bonds is 3. The van der Waals surface area contributed by atoms with Gasteiger partial charge in [-0.3, -0.25) is 9.89 Å². The lowest BCUT2D eigenvalue weighted by molar-refractivity contribution is 0.0696. The number of hydrogen-bond donors (Lipinski definition) is 3. The Hall–Kier alpha value is -2.15. The predicted octanol–water partition coefficient (Wildman–Crippen LogP) is 2.74. The first kappa shape index (κ1) is 14.3. The van der Waals surface area contributed by atoms with Crippen LogP contribution in [-0.2, 0) is 0 Å². The fourth-order valence-corrected chi connectivity index (χ4v) is 2.30. The van der Waals surface area contributed by atoms with Gasteiger partial charge in [0.15, 0.2) is 0 Å². The van der Waals surface area contributed by atoms with Gasteiger partial charge in [0.2, 0.25) is 0 Å². The molecule has 0 atom stereocenters. The van der Waals surface area contributed by atoms with Crippen molar-refractivity contribution in [3.8, 4) is 0 Å². The summed E-state index contributed by atoms with van der Waals surface area (Å²) < 4.78 is 0.504. The van der Waals surface area contributed by atoms with E-state index < -0.39 is 5.97 Å². The van der Waals surface area contributed by atoms with Crippen molar-refractivity contribution in [2.24, 2.45) is 0 Å². The number of nitrogens with zero attached hydrogens (tertiary/aromatic N) is 1. The maximum absolute atomic E-state index is 12.2. The van der Waals surface area contributed by atoms with Crippen LogP contribution in [0.4, 0.5) is 5.69 Å². The van der Waals surface area contributed by atoms with E-state index in [0.717, 1.165) is 0 Å². The molecule has 0 bridgehead atoms. The number of nitrogens with one attached hydrogen (secondary N) is 2. The summed E-state index contributed by atoms with van der Waals surface area (Å²) in [5, 5.41) is 18.3. The molecule has 104 valence electrons. The summed E-state index contributed by atoms with van der Waals surface area (Å²) in [6.45, 7) is 3.50. The highest BCUT2D eigenvalue weighted by Gasteiger charge is 2.16. The van der Waals surface area contributed by atoms with Crippen LogP contribution in [0, 0.1) is 13.8 Å². The lowest BCUT2D eigenvalue weighted by Gasteiger charge is -2.08.